The third kappa shape index (κ3) is 2.54. The molecule has 0 saturated heterocycles. The summed E-state index contributed by atoms with van der Waals surface area (Å²) >= 11 is 0. The minimum absolute atomic E-state index is 0.251. The van der Waals surface area contributed by atoms with Crippen molar-refractivity contribution < 1.29 is 19.1 Å². The van der Waals surface area contributed by atoms with Crippen LogP contribution in [-0.4, -0.2) is 25.2 Å². The van der Waals surface area contributed by atoms with Crippen LogP contribution in [0, 0.1) is 17.8 Å². The second-order valence-corrected chi connectivity index (χ2v) is 4.04. The maximum Gasteiger partial charge on any atom is 0.310 e. The highest BCUT2D eigenvalue weighted by molar-refractivity contribution is 5.84. The minimum Gasteiger partial charge on any atom is -0.466 e. The average molecular weight is 228 g/mol. The maximum absolute atomic E-state index is 11.7. The highest BCUT2D eigenvalue weighted by Crippen LogP contribution is 2.43. The third-order valence-electron chi connectivity index (χ3n) is 3.17. The molecule has 92 valence electrons. The Kier molecular flexibility index (Phi) is 4.77. The Balaban J connectivity index is 2.60. The first-order valence-electron chi connectivity index (χ1n) is 5.98. The molecule has 0 N–H and O–H groups in total. The molecule has 4 nitrogen and oxygen atoms in total. The molecule has 0 aliphatic heterocycles. The van der Waals surface area contributed by atoms with Crippen molar-refractivity contribution in [2.45, 2.75) is 33.6 Å². The zero-order valence-corrected chi connectivity index (χ0v) is 10.2. The Labute approximate surface area is 96.3 Å². The predicted molar refractivity (Wildman–Crippen MR) is 58.6 cm³/mol. The van der Waals surface area contributed by atoms with Gasteiger partial charge in [-0.15, -0.1) is 0 Å². The molecule has 16 heavy (non-hydrogen) atoms. The first-order valence-corrected chi connectivity index (χ1v) is 5.98. The minimum atomic E-state index is -0.288. The van der Waals surface area contributed by atoms with E-state index < -0.39 is 0 Å². The summed E-state index contributed by atoms with van der Waals surface area (Å²) in [6, 6.07) is 0. The van der Waals surface area contributed by atoms with Crippen molar-refractivity contribution in [1.82, 2.24) is 0 Å². The summed E-state index contributed by atoms with van der Waals surface area (Å²) in [6.07, 6.45) is 1.65. The molecular formula is C12H20O4. The van der Waals surface area contributed by atoms with Crippen molar-refractivity contribution in [3.05, 3.63) is 0 Å². The van der Waals surface area contributed by atoms with Crippen molar-refractivity contribution in [3.8, 4) is 0 Å². The van der Waals surface area contributed by atoms with Crippen LogP contribution in [-0.2, 0) is 19.1 Å². The van der Waals surface area contributed by atoms with Gasteiger partial charge in [-0.1, -0.05) is 13.3 Å². The van der Waals surface area contributed by atoms with Crippen LogP contribution < -0.4 is 0 Å². The highest BCUT2D eigenvalue weighted by atomic mass is 16.5. The van der Waals surface area contributed by atoms with Gasteiger partial charge in [0.05, 0.1) is 25.0 Å². The van der Waals surface area contributed by atoms with E-state index in [1.165, 1.54) is 0 Å². The van der Waals surface area contributed by atoms with Crippen molar-refractivity contribution in [2.24, 2.45) is 17.8 Å². The Morgan fingerprint density at radius 3 is 2.12 bits per heavy atom. The number of hydrogen-bond acceptors (Lipinski definition) is 4. The van der Waals surface area contributed by atoms with Gasteiger partial charge in [0, 0.05) is 0 Å². The van der Waals surface area contributed by atoms with Crippen LogP contribution in [0.3, 0.4) is 0 Å². The third-order valence-corrected chi connectivity index (χ3v) is 3.17. The van der Waals surface area contributed by atoms with Crippen LogP contribution in [0.5, 0.6) is 0 Å². The van der Waals surface area contributed by atoms with E-state index in [2.05, 4.69) is 0 Å². The van der Waals surface area contributed by atoms with Crippen molar-refractivity contribution in [3.63, 3.8) is 0 Å². The van der Waals surface area contributed by atoms with Gasteiger partial charge in [-0.2, -0.15) is 0 Å². The molecule has 3 atom stereocenters. The van der Waals surface area contributed by atoms with Gasteiger partial charge in [-0.05, 0) is 26.2 Å². The van der Waals surface area contributed by atoms with E-state index in [9.17, 15) is 9.59 Å². The molecule has 4 heteroatoms. The van der Waals surface area contributed by atoms with Crippen molar-refractivity contribution >= 4 is 11.9 Å². The van der Waals surface area contributed by atoms with E-state index in [-0.39, 0.29) is 29.7 Å². The fraction of sp³-hybridized carbons (Fsp3) is 0.833. The number of carbonyl (C=O) groups is 2. The fourth-order valence-electron chi connectivity index (χ4n) is 2.26. The molecule has 1 saturated carbocycles. The van der Waals surface area contributed by atoms with Gasteiger partial charge in [0.25, 0.3) is 0 Å². The molecule has 0 spiro atoms. The Bertz CT molecular complexity index is 262. The van der Waals surface area contributed by atoms with Gasteiger partial charge in [0.15, 0.2) is 0 Å². The normalized spacial score (nSPS) is 28.1. The topological polar surface area (TPSA) is 52.6 Å². The second-order valence-electron chi connectivity index (χ2n) is 4.04. The van der Waals surface area contributed by atoms with Gasteiger partial charge in [-0.25, -0.2) is 0 Å². The lowest BCUT2D eigenvalue weighted by Crippen LogP contribution is -2.47. The largest absolute Gasteiger partial charge is 0.466 e. The van der Waals surface area contributed by atoms with Gasteiger partial charge in [0.1, 0.15) is 0 Å². The summed E-state index contributed by atoms with van der Waals surface area (Å²) in [5.41, 5.74) is 0. The van der Waals surface area contributed by atoms with Gasteiger partial charge in [-0.3, -0.25) is 9.59 Å². The molecule has 0 aromatic rings. The Morgan fingerprint density at radius 2 is 1.62 bits per heavy atom. The molecule has 0 amide bonds. The van der Waals surface area contributed by atoms with E-state index in [0.29, 0.717) is 13.2 Å². The lowest BCUT2D eigenvalue weighted by molar-refractivity contribution is -0.172. The van der Waals surface area contributed by atoms with Crippen LogP contribution in [0.1, 0.15) is 33.6 Å². The summed E-state index contributed by atoms with van der Waals surface area (Å²) in [4.78, 5) is 23.3. The zero-order valence-electron chi connectivity index (χ0n) is 10.2. The summed E-state index contributed by atoms with van der Waals surface area (Å²) < 4.78 is 9.94. The van der Waals surface area contributed by atoms with E-state index in [1.807, 2.05) is 6.92 Å². The molecule has 0 aromatic carbocycles. The second kappa shape index (κ2) is 5.87. The highest BCUT2D eigenvalue weighted by Gasteiger charge is 2.50. The molecule has 1 aliphatic carbocycles. The SMILES string of the molecule is CCOC(=O)C1CC(CC)C1C(=O)OCC. The van der Waals surface area contributed by atoms with E-state index in [1.54, 1.807) is 13.8 Å². The van der Waals surface area contributed by atoms with Crippen LogP contribution >= 0.6 is 0 Å². The fourth-order valence-corrected chi connectivity index (χ4v) is 2.26. The van der Waals surface area contributed by atoms with Gasteiger partial charge in [0.2, 0.25) is 0 Å². The first kappa shape index (κ1) is 13.0. The summed E-state index contributed by atoms with van der Waals surface area (Å²) in [6.45, 7) is 6.30. The predicted octanol–water partition coefficient (Wildman–Crippen LogP) is 1.77. The molecule has 3 unspecified atom stereocenters. The number of rotatable bonds is 5. The number of esters is 2. The first-order chi connectivity index (χ1) is 7.65. The Hall–Kier alpha value is -1.06. The maximum atomic E-state index is 11.7. The monoisotopic (exact) mass is 228 g/mol. The van der Waals surface area contributed by atoms with Crippen LogP contribution in [0.2, 0.25) is 0 Å². The standard InChI is InChI=1S/C12H20O4/c1-4-8-7-9(11(13)15-5-2)10(8)12(14)16-6-3/h8-10H,4-7H2,1-3H3. The smallest absolute Gasteiger partial charge is 0.310 e. The molecule has 0 heterocycles. The van der Waals surface area contributed by atoms with Crippen LogP contribution in [0.15, 0.2) is 0 Å². The van der Waals surface area contributed by atoms with E-state index in [4.69, 9.17) is 9.47 Å². The van der Waals surface area contributed by atoms with Crippen molar-refractivity contribution in [2.75, 3.05) is 13.2 Å². The molecule has 0 bridgehead atoms. The van der Waals surface area contributed by atoms with Crippen LogP contribution in [0.25, 0.3) is 0 Å². The summed E-state index contributed by atoms with van der Waals surface area (Å²) in [5.74, 6) is -0.815. The quantitative estimate of drug-likeness (QED) is 0.673. The number of hydrogen-bond donors (Lipinski definition) is 0. The molecular weight excluding hydrogens is 208 g/mol. The molecule has 1 fully saturated rings. The van der Waals surface area contributed by atoms with Gasteiger partial charge >= 0.3 is 11.9 Å². The summed E-state index contributed by atoms with van der Waals surface area (Å²) in [5, 5.41) is 0. The van der Waals surface area contributed by atoms with Gasteiger partial charge < -0.3 is 9.47 Å². The van der Waals surface area contributed by atoms with E-state index >= 15 is 0 Å². The Morgan fingerprint density at radius 1 is 1.06 bits per heavy atom. The lowest BCUT2D eigenvalue weighted by Gasteiger charge is -2.40. The number of ether oxygens (including phenoxy) is 2. The van der Waals surface area contributed by atoms with Crippen LogP contribution in [0.4, 0.5) is 0 Å². The summed E-state index contributed by atoms with van der Waals surface area (Å²) in [7, 11) is 0. The molecule has 1 rings (SSSR count). The lowest BCUT2D eigenvalue weighted by atomic mass is 9.63. The number of carbonyl (C=O) groups excluding carboxylic acids is 2. The molecule has 0 aromatic heterocycles. The molecule has 1 aliphatic rings. The average Bonchev–Trinajstić information content (AvgIpc) is 2.17. The molecule has 0 radical (unpaired) electrons. The zero-order chi connectivity index (χ0) is 12.1. The van der Waals surface area contributed by atoms with Crippen molar-refractivity contribution in [1.29, 1.82) is 0 Å². The van der Waals surface area contributed by atoms with E-state index in [0.717, 1.165) is 12.8 Å².